The van der Waals surface area contributed by atoms with Crippen LogP contribution in [0.1, 0.15) is 11.4 Å². The summed E-state index contributed by atoms with van der Waals surface area (Å²) in [5.74, 6) is 0.874. The standard InChI is InChI=1S/C27H33N7O4S/c1-7-27(35)29-20-16-19(24(38-6)18-23(20)32(4)15-14-31(2)3)17-25-28-13-12-26(30-25)34-22-11-9-8-10-21(22)33(5)39(34,36)37/h7-13,16,18H,1,14-15,17H2,2-6H3,(H,29,35). The highest BCUT2D eigenvalue weighted by molar-refractivity contribution is 7.95. The summed E-state index contributed by atoms with van der Waals surface area (Å²) in [6.07, 6.45) is 2.98. The molecule has 0 spiro atoms. The molecular formula is C27H33N7O4S. The molecule has 2 aromatic carbocycles. The van der Waals surface area contributed by atoms with Crippen LogP contribution in [0.2, 0.25) is 0 Å². The maximum atomic E-state index is 13.2. The number of hydrogen-bond acceptors (Lipinski definition) is 8. The van der Waals surface area contributed by atoms with Crippen molar-refractivity contribution in [2.24, 2.45) is 0 Å². The van der Waals surface area contributed by atoms with Gasteiger partial charge in [0.1, 0.15) is 11.6 Å². The summed E-state index contributed by atoms with van der Waals surface area (Å²) in [5, 5.41) is 2.89. The highest BCUT2D eigenvalue weighted by Gasteiger charge is 2.39. The van der Waals surface area contributed by atoms with Crippen LogP contribution in [0, 0.1) is 0 Å². The molecule has 206 valence electrons. The Morgan fingerprint density at radius 2 is 1.85 bits per heavy atom. The Balaban J connectivity index is 1.72. The molecule has 12 heteroatoms. The lowest BCUT2D eigenvalue weighted by Crippen LogP contribution is -2.33. The van der Waals surface area contributed by atoms with E-state index >= 15 is 0 Å². The van der Waals surface area contributed by atoms with Gasteiger partial charge in [-0.1, -0.05) is 18.7 Å². The minimum absolute atomic E-state index is 0.232. The van der Waals surface area contributed by atoms with E-state index in [0.717, 1.165) is 24.3 Å². The molecule has 0 radical (unpaired) electrons. The first-order valence-corrected chi connectivity index (χ1v) is 13.7. The summed E-state index contributed by atoms with van der Waals surface area (Å²) in [5.41, 5.74) is 3.18. The normalized spacial score (nSPS) is 13.8. The first kappa shape index (κ1) is 27.9. The zero-order valence-corrected chi connectivity index (χ0v) is 23.6. The van der Waals surface area contributed by atoms with Gasteiger partial charge >= 0.3 is 10.2 Å². The average Bonchev–Trinajstić information content (AvgIpc) is 3.12. The summed E-state index contributed by atoms with van der Waals surface area (Å²) in [6, 6.07) is 12.3. The predicted molar refractivity (Wildman–Crippen MR) is 154 cm³/mol. The van der Waals surface area contributed by atoms with Crippen LogP contribution in [0.5, 0.6) is 5.75 Å². The first-order valence-electron chi connectivity index (χ1n) is 12.3. The smallest absolute Gasteiger partial charge is 0.331 e. The Kier molecular flexibility index (Phi) is 8.07. The van der Waals surface area contributed by atoms with Gasteiger partial charge in [0.2, 0.25) is 5.91 Å². The molecule has 0 atom stereocenters. The molecule has 11 nitrogen and oxygen atoms in total. The number of carbonyl (C=O) groups excluding carboxylic acids is 1. The van der Waals surface area contributed by atoms with E-state index in [-0.39, 0.29) is 18.1 Å². The van der Waals surface area contributed by atoms with E-state index < -0.39 is 10.2 Å². The molecule has 4 rings (SSSR count). The number of para-hydroxylation sites is 2. The largest absolute Gasteiger partial charge is 0.496 e. The fraction of sp³-hybridized carbons (Fsp3) is 0.296. The number of amides is 1. The molecule has 3 aromatic rings. The molecular weight excluding hydrogens is 518 g/mol. The van der Waals surface area contributed by atoms with Crippen molar-refractivity contribution in [2.75, 3.05) is 67.2 Å². The molecule has 0 aliphatic carbocycles. The third-order valence-corrected chi connectivity index (χ3v) is 8.13. The van der Waals surface area contributed by atoms with E-state index in [2.05, 4.69) is 26.8 Å². The van der Waals surface area contributed by atoms with Gasteiger partial charge in [0.05, 0.1) is 29.9 Å². The first-order chi connectivity index (χ1) is 18.6. The number of hydrogen-bond donors (Lipinski definition) is 1. The maximum absolute atomic E-state index is 13.2. The van der Waals surface area contributed by atoms with Crippen LogP contribution >= 0.6 is 0 Å². The van der Waals surface area contributed by atoms with Gasteiger partial charge in [0.15, 0.2) is 5.82 Å². The van der Waals surface area contributed by atoms with Gasteiger partial charge in [-0.2, -0.15) is 8.42 Å². The number of benzene rings is 2. The molecule has 0 saturated heterocycles. The summed E-state index contributed by atoms with van der Waals surface area (Å²) < 4.78 is 34.6. The molecule has 1 aliphatic rings. The third-order valence-electron chi connectivity index (χ3n) is 6.40. The van der Waals surface area contributed by atoms with Crippen LogP contribution in [-0.4, -0.2) is 77.6 Å². The highest BCUT2D eigenvalue weighted by atomic mass is 32.2. The minimum Gasteiger partial charge on any atom is -0.496 e. The van der Waals surface area contributed by atoms with Crippen molar-refractivity contribution < 1.29 is 17.9 Å². The number of fused-ring (bicyclic) bond motifs is 1. The predicted octanol–water partition coefficient (Wildman–Crippen LogP) is 3.03. The van der Waals surface area contributed by atoms with Crippen molar-refractivity contribution >= 4 is 44.7 Å². The number of likely N-dealkylation sites (N-methyl/N-ethyl adjacent to an activating group) is 2. The lowest BCUT2D eigenvalue weighted by Gasteiger charge is -2.26. The van der Waals surface area contributed by atoms with Gasteiger partial charge < -0.3 is 19.9 Å². The van der Waals surface area contributed by atoms with Gasteiger partial charge in [0, 0.05) is 57.5 Å². The van der Waals surface area contributed by atoms with Crippen molar-refractivity contribution in [3.05, 3.63) is 72.7 Å². The fourth-order valence-electron chi connectivity index (χ4n) is 4.28. The Morgan fingerprint density at radius 1 is 1.13 bits per heavy atom. The van der Waals surface area contributed by atoms with Gasteiger partial charge in [0.25, 0.3) is 0 Å². The van der Waals surface area contributed by atoms with E-state index in [0.29, 0.717) is 28.6 Å². The zero-order chi connectivity index (χ0) is 28.3. The highest BCUT2D eigenvalue weighted by Crippen LogP contribution is 2.43. The lowest BCUT2D eigenvalue weighted by molar-refractivity contribution is -0.111. The molecule has 0 bridgehead atoms. The van der Waals surface area contributed by atoms with E-state index in [1.54, 1.807) is 37.4 Å². The van der Waals surface area contributed by atoms with Crippen LogP contribution < -0.4 is 23.6 Å². The molecule has 1 aliphatic heterocycles. The summed E-state index contributed by atoms with van der Waals surface area (Å²) in [6.45, 7) is 5.09. The number of rotatable bonds is 10. The Morgan fingerprint density at radius 3 is 2.51 bits per heavy atom. The Bertz CT molecular complexity index is 1490. The fourth-order valence-corrected chi connectivity index (χ4v) is 5.67. The second-order valence-electron chi connectivity index (χ2n) is 9.34. The Hall–Kier alpha value is -4.16. The van der Waals surface area contributed by atoms with Gasteiger partial charge in [-0.25, -0.2) is 14.3 Å². The molecule has 0 fully saturated rings. The second kappa shape index (κ2) is 11.3. The van der Waals surface area contributed by atoms with Crippen molar-refractivity contribution in [3.8, 4) is 5.75 Å². The van der Waals surface area contributed by atoms with Crippen LogP contribution in [0.15, 0.2) is 61.3 Å². The van der Waals surface area contributed by atoms with Crippen LogP contribution in [0.4, 0.5) is 28.6 Å². The minimum atomic E-state index is -3.84. The number of nitrogens with zero attached hydrogens (tertiary/aromatic N) is 6. The van der Waals surface area contributed by atoms with E-state index in [1.165, 1.54) is 27.9 Å². The number of anilines is 5. The van der Waals surface area contributed by atoms with Gasteiger partial charge in [-0.05, 0) is 38.4 Å². The average molecular weight is 552 g/mol. The monoisotopic (exact) mass is 551 g/mol. The maximum Gasteiger partial charge on any atom is 0.331 e. The van der Waals surface area contributed by atoms with Crippen molar-refractivity contribution in [3.63, 3.8) is 0 Å². The number of carbonyl (C=O) groups is 1. The van der Waals surface area contributed by atoms with Crippen LogP contribution in [0.3, 0.4) is 0 Å². The zero-order valence-electron chi connectivity index (χ0n) is 22.7. The number of methoxy groups -OCH3 is 1. The van der Waals surface area contributed by atoms with E-state index in [1.807, 2.05) is 38.2 Å². The lowest BCUT2D eigenvalue weighted by atomic mass is 10.1. The summed E-state index contributed by atoms with van der Waals surface area (Å²) in [4.78, 5) is 25.4. The molecule has 39 heavy (non-hydrogen) atoms. The second-order valence-corrected chi connectivity index (χ2v) is 11.1. The summed E-state index contributed by atoms with van der Waals surface area (Å²) in [7, 11) is 5.18. The molecule has 1 aromatic heterocycles. The Labute approximate surface area is 229 Å². The van der Waals surface area contributed by atoms with E-state index in [9.17, 15) is 13.2 Å². The van der Waals surface area contributed by atoms with Crippen molar-refractivity contribution in [2.45, 2.75) is 6.42 Å². The van der Waals surface area contributed by atoms with Gasteiger partial charge in [-0.15, -0.1) is 0 Å². The van der Waals surface area contributed by atoms with Crippen molar-refractivity contribution in [1.82, 2.24) is 14.9 Å². The number of aromatic nitrogens is 2. The quantitative estimate of drug-likeness (QED) is 0.383. The molecule has 1 N–H and O–H groups in total. The molecule has 2 heterocycles. The molecule has 0 unspecified atom stereocenters. The van der Waals surface area contributed by atoms with Crippen LogP contribution in [-0.2, 0) is 21.4 Å². The molecule has 0 saturated carbocycles. The van der Waals surface area contributed by atoms with Crippen molar-refractivity contribution in [1.29, 1.82) is 0 Å². The van der Waals surface area contributed by atoms with Gasteiger partial charge in [-0.3, -0.25) is 9.10 Å². The summed E-state index contributed by atoms with van der Waals surface area (Å²) >= 11 is 0. The number of nitrogens with one attached hydrogen (secondary N) is 1. The molecule has 1 amide bonds. The number of ether oxygens (including phenoxy) is 1. The third kappa shape index (κ3) is 5.66. The topological polar surface area (TPSA) is 111 Å². The van der Waals surface area contributed by atoms with E-state index in [4.69, 9.17) is 4.74 Å². The van der Waals surface area contributed by atoms with Crippen LogP contribution in [0.25, 0.3) is 0 Å². The SMILES string of the molecule is C=CC(=O)Nc1cc(Cc2nccc(N3c4ccccc4N(C)S3(=O)=O)n2)c(OC)cc1N(C)CCN(C)C.